The number of rotatable bonds is 3. The van der Waals surface area contributed by atoms with Gasteiger partial charge in [0.15, 0.2) is 0 Å². The van der Waals surface area contributed by atoms with Gasteiger partial charge in [0.2, 0.25) is 0 Å². The third-order valence-corrected chi connectivity index (χ3v) is 4.71. The Balaban J connectivity index is 2.36. The fourth-order valence-electron chi connectivity index (χ4n) is 1.97. The molecule has 0 bridgehead atoms. The molecule has 0 amide bonds. The molecule has 0 atom stereocenters. The van der Waals surface area contributed by atoms with Gasteiger partial charge in [-0.05, 0) is 39.2 Å². The first-order valence-corrected chi connectivity index (χ1v) is 7.76. The Morgan fingerprint density at radius 1 is 1.38 bits per heavy atom. The van der Waals surface area contributed by atoms with Crippen LogP contribution in [-0.4, -0.2) is 29.1 Å². The van der Waals surface area contributed by atoms with Gasteiger partial charge in [0.1, 0.15) is 5.15 Å². The summed E-state index contributed by atoms with van der Waals surface area (Å²) in [5.74, 6) is 0.474. The van der Waals surface area contributed by atoms with E-state index >= 15 is 0 Å². The number of halogens is 1. The minimum absolute atomic E-state index is 0.353. The lowest BCUT2D eigenvalue weighted by atomic mass is 9.78. The van der Waals surface area contributed by atoms with Crippen LogP contribution in [0.1, 0.15) is 33.3 Å². The maximum absolute atomic E-state index is 6.11. The average Bonchev–Trinajstić information content (AvgIpc) is 2.58. The van der Waals surface area contributed by atoms with Crippen molar-refractivity contribution in [1.82, 2.24) is 4.98 Å². The summed E-state index contributed by atoms with van der Waals surface area (Å²) in [7, 11) is -0.469. The molecule has 114 valence electrons. The van der Waals surface area contributed by atoms with E-state index in [0.717, 1.165) is 5.47 Å². The number of hydrogen-bond donors (Lipinski definition) is 2. The van der Waals surface area contributed by atoms with E-state index in [1.807, 2.05) is 33.8 Å². The molecule has 2 heterocycles. The Hall–Kier alpha value is -0.685. The van der Waals surface area contributed by atoms with Gasteiger partial charge in [0.25, 0.3) is 0 Å². The number of thiol groups is 1. The SMILES string of the molecule is CC1(C)OB(C(=Cc2c(N)ccnc2Cl)CS)OC1(C)C. The van der Waals surface area contributed by atoms with Crippen molar-refractivity contribution in [3.05, 3.63) is 28.5 Å². The second-order valence-electron chi connectivity index (χ2n) is 6.07. The van der Waals surface area contributed by atoms with Crippen LogP contribution in [0.4, 0.5) is 5.69 Å². The summed E-state index contributed by atoms with van der Waals surface area (Å²) in [4.78, 5) is 4.05. The van der Waals surface area contributed by atoms with Crippen LogP contribution in [0.3, 0.4) is 0 Å². The summed E-state index contributed by atoms with van der Waals surface area (Å²) in [6.45, 7) is 8.03. The van der Waals surface area contributed by atoms with Crippen LogP contribution in [-0.2, 0) is 9.31 Å². The molecule has 1 aliphatic heterocycles. The van der Waals surface area contributed by atoms with Crippen LogP contribution in [0.25, 0.3) is 6.08 Å². The molecular formula is C14H20BClN2O2S. The molecule has 21 heavy (non-hydrogen) atoms. The van der Waals surface area contributed by atoms with E-state index in [2.05, 4.69) is 17.6 Å². The van der Waals surface area contributed by atoms with E-state index < -0.39 is 18.3 Å². The van der Waals surface area contributed by atoms with E-state index in [0.29, 0.717) is 22.2 Å². The second-order valence-corrected chi connectivity index (χ2v) is 6.74. The van der Waals surface area contributed by atoms with E-state index in [1.54, 1.807) is 12.3 Å². The molecule has 2 N–H and O–H groups in total. The molecule has 0 saturated carbocycles. The lowest BCUT2D eigenvalue weighted by Gasteiger charge is -2.32. The molecule has 1 aromatic rings. The van der Waals surface area contributed by atoms with Crippen molar-refractivity contribution in [1.29, 1.82) is 0 Å². The number of nitrogens with zero attached hydrogens (tertiary/aromatic N) is 1. The van der Waals surface area contributed by atoms with Crippen LogP contribution >= 0.6 is 24.2 Å². The lowest BCUT2D eigenvalue weighted by Crippen LogP contribution is -2.41. The van der Waals surface area contributed by atoms with Gasteiger partial charge < -0.3 is 15.0 Å². The van der Waals surface area contributed by atoms with Crippen molar-refractivity contribution < 1.29 is 9.31 Å². The largest absolute Gasteiger partial charge is 0.491 e. The smallest absolute Gasteiger partial charge is 0.400 e. The van der Waals surface area contributed by atoms with E-state index in [1.165, 1.54) is 0 Å². The minimum atomic E-state index is -0.469. The Morgan fingerprint density at radius 2 is 1.95 bits per heavy atom. The van der Waals surface area contributed by atoms with Crippen molar-refractivity contribution in [2.24, 2.45) is 0 Å². The fraction of sp³-hybridized carbons (Fsp3) is 0.500. The maximum Gasteiger partial charge on any atom is 0.491 e. The van der Waals surface area contributed by atoms with Gasteiger partial charge in [-0.3, -0.25) is 0 Å². The van der Waals surface area contributed by atoms with Gasteiger partial charge in [0, 0.05) is 23.2 Å². The molecule has 1 fully saturated rings. The summed E-state index contributed by atoms with van der Waals surface area (Å²) in [6, 6.07) is 1.71. The third-order valence-electron chi connectivity index (χ3n) is 4.04. The minimum Gasteiger partial charge on any atom is -0.400 e. The van der Waals surface area contributed by atoms with Crippen LogP contribution in [0, 0.1) is 0 Å². The molecule has 0 unspecified atom stereocenters. The first-order valence-electron chi connectivity index (χ1n) is 6.75. The zero-order valence-electron chi connectivity index (χ0n) is 12.7. The normalized spacial score (nSPS) is 20.9. The molecule has 1 aromatic heterocycles. The van der Waals surface area contributed by atoms with Crippen LogP contribution in [0.15, 0.2) is 17.7 Å². The summed E-state index contributed by atoms with van der Waals surface area (Å²) in [5, 5.41) is 0.353. The second kappa shape index (κ2) is 5.84. The molecular weight excluding hydrogens is 306 g/mol. The lowest BCUT2D eigenvalue weighted by molar-refractivity contribution is 0.00578. The number of aromatic nitrogens is 1. The van der Waals surface area contributed by atoms with Gasteiger partial charge >= 0.3 is 7.12 Å². The van der Waals surface area contributed by atoms with Crippen molar-refractivity contribution in [2.75, 3.05) is 11.5 Å². The Labute approximate surface area is 136 Å². The van der Waals surface area contributed by atoms with Gasteiger partial charge in [-0.1, -0.05) is 17.7 Å². The monoisotopic (exact) mass is 326 g/mol. The van der Waals surface area contributed by atoms with Crippen LogP contribution in [0.5, 0.6) is 0 Å². The van der Waals surface area contributed by atoms with E-state index in [4.69, 9.17) is 26.6 Å². The molecule has 2 rings (SSSR count). The first kappa shape index (κ1) is 16.7. The fourth-order valence-corrected chi connectivity index (χ4v) is 2.43. The first-order chi connectivity index (χ1) is 9.68. The van der Waals surface area contributed by atoms with Crippen molar-refractivity contribution in [3.63, 3.8) is 0 Å². The van der Waals surface area contributed by atoms with Crippen LogP contribution < -0.4 is 5.73 Å². The summed E-state index contributed by atoms with van der Waals surface area (Å²) in [6.07, 6.45) is 3.42. The molecule has 4 nitrogen and oxygen atoms in total. The summed E-state index contributed by atoms with van der Waals surface area (Å²) < 4.78 is 12.1. The predicted octanol–water partition coefficient (Wildman–Crippen LogP) is 3.26. The number of hydrogen-bond acceptors (Lipinski definition) is 5. The number of nitrogen functional groups attached to an aromatic ring is 1. The average molecular weight is 327 g/mol. The molecule has 7 heteroatoms. The van der Waals surface area contributed by atoms with Gasteiger partial charge in [-0.15, -0.1) is 0 Å². The highest BCUT2D eigenvalue weighted by molar-refractivity contribution is 7.80. The number of anilines is 1. The van der Waals surface area contributed by atoms with E-state index in [9.17, 15) is 0 Å². The number of pyridine rings is 1. The van der Waals surface area contributed by atoms with Gasteiger partial charge in [-0.25, -0.2) is 4.98 Å². The third kappa shape index (κ3) is 3.23. The molecule has 0 aromatic carbocycles. The summed E-state index contributed by atoms with van der Waals surface area (Å²) in [5.41, 5.74) is 7.24. The van der Waals surface area contributed by atoms with Gasteiger partial charge in [-0.2, -0.15) is 12.6 Å². The van der Waals surface area contributed by atoms with Crippen molar-refractivity contribution in [2.45, 2.75) is 38.9 Å². The quantitative estimate of drug-likeness (QED) is 0.508. The Kier molecular flexibility index (Phi) is 4.64. The molecule has 0 aliphatic carbocycles. The predicted molar refractivity (Wildman–Crippen MR) is 91.6 cm³/mol. The Morgan fingerprint density at radius 3 is 2.43 bits per heavy atom. The van der Waals surface area contributed by atoms with Gasteiger partial charge in [0.05, 0.1) is 11.2 Å². The topological polar surface area (TPSA) is 57.4 Å². The Bertz CT molecular complexity index is 542. The highest BCUT2D eigenvalue weighted by Gasteiger charge is 2.52. The molecule has 0 radical (unpaired) electrons. The van der Waals surface area contributed by atoms with Crippen molar-refractivity contribution in [3.8, 4) is 0 Å². The zero-order chi connectivity index (χ0) is 15.8. The highest BCUT2D eigenvalue weighted by atomic mass is 35.5. The highest BCUT2D eigenvalue weighted by Crippen LogP contribution is 2.39. The van der Waals surface area contributed by atoms with E-state index in [-0.39, 0.29) is 0 Å². The molecule has 1 saturated heterocycles. The van der Waals surface area contributed by atoms with Crippen molar-refractivity contribution >= 4 is 43.1 Å². The molecule has 0 spiro atoms. The molecule has 1 aliphatic rings. The van der Waals surface area contributed by atoms with Crippen LogP contribution in [0.2, 0.25) is 5.15 Å². The summed E-state index contributed by atoms with van der Waals surface area (Å²) >= 11 is 10.5. The number of nitrogens with two attached hydrogens (primary N) is 1. The standard InChI is InChI=1S/C14H20BClN2O2S/c1-13(2)14(3,4)20-15(19-13)9(8-21)7-10-11(17)5-6-18-12(10)16/h5-7,21H,8H2,1-4H3,(H2,17,18). The zero-order valence-corrected chi connectivity index (χ0v) is 14.3. The maximum atomic E-state index is 6.11.